The molecular formula is C16H19F2N5O3. The van der Waals surface area contributed by atoms with Crippen LogP contribution in [-0.2, 0) is 17.9 Å². The van der Waals surface area contributed by atoms with E-state index in [9.17, 15) is 23.5 Å². The van der Waals surface area contributed by atoms with E-state index in [-0.39, 0.29) is 26.1 Å². The molecule has 1 aromatic carbocycles. The number of carbonyl (C=O) groups is 1. The Labute approximate surface area is 147 Å². The summed E-state index contributed by atoms with van der Waals surface area (Å²) in [7, 11) is 0. The van der Waals surface area contributed by atoms with Crippen molar-refractivity contribution < 1.29 is 18.7 Å². The minimum atomic E-state index is -1.60. The average Bonchev–Trinajstić information content (AvgIpc) is 3.01. The first-order chi connectivity index (χ1) is 12.4. The van der Waals surface area contributed by atoms with Crippen LogP contribution >= 0.6 is 0 Å². The minimum Gasteiger partial charge on any atom is -0.379 e. The van der Waals surface area contributed by atoms with E-state index in [1.54, 1.807) is 0 Å². The van der Waals surface area contributed by atoms with Gasteiger partial charge in [0.25, 0.3) is 5.91 Å². The van der Waals surface area contributed by atoms with Crippen molar-refractivity contribution in [3.8, 4) is 0 Å². The van der Waals surface area contributed by atoms with Gasteiger partial charge in [0.05, 0.1) is 6.54 Å². The normalized spacial score (nSPS) is 20.6. The third-order valence-electron chi connectivity index (χ3n) is 4.32. The fourth-order valence-corrected chi connectivity index (χ4v) is 3.02. The molecule has 0 saturated carbocycles. The molecule has 1 aliphatic heterocycles. The molecule has 10 heteroatoms. The summed E-state index contributed by atoms with van der Waals surface area (Å²) in [6.45, 7) is 0.671. The van der Waals surface area contributed by atoms with Crippen molar-refractivity contribution in [2.75, 3.05) is 13.1 Å². The molecule has 2 heterocycles. The Balaban J connectivity index is 1.61. The molecule has 0 aliphatic carbocycles. The van der Waals surface area contributed by atoms with E-state index in [0.717, 1.165) is 12.1 Å². The van der Waals surface area contributed by atoms with Crippen molar-refractivity contribution >= 4 is 5.91 Å². The number of amides is 1. The molecule has 1 aliphatic rings. The van der Waals surface area contributed by atoms with E-state index in [4.69, 9.17) is 0 Å². The number of aromatic amines is 2. The molecule has 3 rings (SSSR count). The first-order valence-electron chi connectivity index (χ1n) is 8.17. The second-order valence-corrected chi connectivity index (χ2v) is 6.34. The molecule has 1 unspecified atom stereocenters. The molecule has 1 amide bonds. The summed E-state index contributed by atoms with van der Waals surface area (Å²) in [5.41, 5.74) is -1.59. The topological polar surface area (TPSA) is 114 Å². The highest BCUT2D eigenvalue weighted by molar-refractivity contribution is 5.86. The van der Waals surface area contributed by atoms with Gasteiger partial charge in [-0.15, -0.1) is 0 Å². The van der Waals surface area contributed by atoms with Crippen LogP contribution in [0.5, 0.6) is 0 Å². The predicted octanol–water partition coefficient (Wildman–Crippen LogP) is 0.0195. The third kappa shape index (κ3) is 3.97. The quantitative estimate of drug-likeness (QED) is 0.575. The number of rotatable bonds is 6. The largest absolute Gasteiger partial charge is 0.379 e. The average molecular weight is 367 g/mol. The Bertz CT molecular complexity index is 852. The lowest BCUT2D eigenvalue weighted by Crippen LogP contribution is -2.57. The van der Waals surface area contributed by atoms with Crippen LogP contribution in [0.1, 0.15) is 24.2 Å². The molecule has 2 aromatic rings. The maximum Gasteiger partial charge on any atom is 0.340 e. The zero-order valence-electron chi connectivity index (χ0n) is 13.9. The minimum absolute atomic E-state index is 0.0188. The van der Waals surface area contributed by atoms with Gasteiger partial charge >= 0.3 is 5.69 Å². The van der Waals surface area contributed by atoms with Gasteiger partial charge in [-0.1, -0.05) is 6.07 Å². The van der Waals surface area contributed by atoms with Crippen LogP contribution in [0, 0.1) is 11.6 Å². The number of nitrogens with zero attached hydrogens (tertiary/aromatic N) is 2. The smallest absolute Gasteiger partial charge is 0.340 e. The Morgan fingerprint density at radius 1 is 1.31 bits per heavy atom. The van der Waals surface area contributed by atoms with Crippen molar-refractivity contribution in [2.24, 2.45) is 0 Å². The molecule has 4 N–H and O–H groups in total. The maximum atomic E-state index is 13.3. The number of hydrogen-bond acceptors (Lipinski definition) is 5. The molecule has 0 bridgehead atoms. The van der Waals surface area contributed by atoms with Crippen LogP contribution in [0.2, 0.25) is 0 Å². The Hall–Kier alpha value is -2.59. The number of aliphatic hydroxyl groups is 1. The van der Waals surface area contributed by atoms with Gasteiger partial charge in [-0.2, -0.15) is 5.10 Å². The number of piperidine rings is 1. The summed E-state index contributed by atoms with van der Waals surface area (Å²) in [5, 5.41) is 19.5. The molecule has 140 valence electrons. The number of benzene rings is 1. The first-order valence-corrected chi connectivity index (χ1v) is 8.17. The fourth-order valence-electron chi connectivity index (χ4n) is 3.02. The summed E-state index contributed by atoms with van der Waals surface area (Å²) in [4.78, 5) is 27.5. The van der Waals surface area contributed by atoms with Crippen molar-refractivity contribution in [3.63, 3.8) is 0 Å². The Kier molecular flexibility index (Phi) is 5.14. The van der Waals surface area contributed by atoms with Crippen LogP contribution in [0.3, 0.4) is 0 Å². The molecule has 26 heavy (non-hydrogen) atoms. The number of halogens is 2. The number of hydrogen-bond donors (Lipinski definition) is 4. The van der Waals surface area contributed by atoms with Crippen molar-refractivity contribution in [3.05, 3.63) is 51.7 Å². The number of likely N-dealkylation sites (tertiary alicyclic amines) is 1. The monoisotopic (exact) mass is 367 g/mol. The number of H-pyrrole nitrogens is 2. The van der Waals surface area contributed by atoms with E-state index in [0.29, 0.717) is 24.4 Å². The Morgan fingerprint density at radius 3 is 2.81 bits per heavy atom. The third-order valence-corrected chi connectivity index (χ3v) is 4.32. The van der Waals surface area contributed by atoms with Gasteiger partial charge in [0.15, 0.2) is 17.2 Å². The van der Waals surface area contributed by atoms with Crippen molar-refractivity contribution in [2.45, 2.75) is 31.5 Å². The number of aromatic nitrogens is 3. The molecule has 0 radical (unpaired) electrons. The molecule has 0 spiro atoms. The lowest BCUT2D eigenvalue weighted by Gasteiger charge is -2.38. The van der Waals surface area contributed by atoms with E-state index in [1.807, 2.05) is 0 Å². The molecule has 1 fully saturated rings. The summed E-state index contributed by atoms with van der Waals surface area (Å²) in [5.74, 6) is -2.04. The van der Waals surface area contributed by atoms with Gasteiger partial charge in [-0.3, -0.25) is 9.78 Å². The Morgan fingerprint density at radius 2 is 2.12 bits per heavy atom. The second-order valence-electron chi connectivity index (χ2n) is 6.34. The van der Waals surface area contributed by atoms with Crippen LogP contribution in [0.4, 0.5) is 8.78 Å². The predicted molar refractivity (Wildman–Crippen MR) is 86.9 cm³/mol. The lowest BCUT2D eigenvalue weighted by atomic mass is 9.91. The highest BCUT2D eigenvalue weighted by atomic mass is 19.2. The van der Waals surface area contributed by atoms with E-state index in [2.05, 4.69) is 20.5 Å². The van der Waals surface area contributed by atoms with Gasteiger partial charge in [0, 0.05) is 19.6 Å². The van der Waals surface area contributed by atoms with Crippen LogP contribution in [-0.4, -0.2) is 49.8 Å². The highest BCUT2D eigenvalue weighted by Crippen LogP contribution is 2.24. The zero-order chi connectivity index (χ0) is 18.7. The highest BCUT2D eigenvalue weighted by Gasteiger charge is 2.41. The van der Waals surface area contributed by atoms with Crippen LogP contribution in [0.25, 0.3) is 0 Å². The molecule has 1 atom stereocenters. The summed E-state index contributed by atoms with van der Waals surface area (Å²) < 4.78 is 26.4. The van der Waals surface area contributed by atoms with Gasteiger partial charge in [0.2, 0.25) is 0 Å². The molecule has 8 nitrogen and oxygen atoms in total. The first kappa shape index (κ1) is 18.2. The maximum absolute atomic E-state index is 13.3. The van der Waals surface area contributed by atoms with Gasteiger partial charge < -0.3 is 15.3 Å². The van der Waals surface area contributed by atoms with E-state index in [1.165, 1.54) is 11.0 Å². The molecule has 1 aromatic heterocycles. The number of nitrogens with one attached hydrogen (secondary N) is 3. The van der Waals surface area contributed by atoms with Crippen LogP contribution in [0.15, 0.2) is 23.0 Å². The number of carbonyl (C=O) groups excluding carboxylic acids is 1. The van der Waals surface area contributed by atoms with Crippen molar-refractivity contribution in [1.82, 2.24) is 25.4 Å². The summed E-state index contributed by atoms with van der Waals surface area (Å²) in [6.07, 6.45) is 0.858. The van der Waals surface area contributed by atoms with E-state index >= 15 is 0 Å². The zero-order valence-corrected chi connectivity index (χ0v) is 13.9. The standard InChI is InChI=1S/C16H19F2N5O3/c17-11-3-2-10(6-12(11)18)8-23-5-1-4-16(26,14(23)24)9-19-7-13-20-15(25)22-21-13/h2-3,6,19,26H,1,4-5,7-9H2,(H2,20,21,22,25). The van der Waals surface area contributed by atoms with E-state index < -0.39 is 28.8 Å². The SMILES string of the molecule is O=C1N(Cc2ccc(F)c(F)c2)CCCC1(O)CNCc1n[nH]c(=O)[nH]1. The molecule has 1 saturated heterocycles. The summed E-state index contributed by atoms with van der Waals surface area (Å²) >= 11 is 0. The van der Waals surface area contributed by atoms with Gasteiger partial charge in [-0.05, 0) is 30.5 Å². The van der Waals surface area contributed by atoms with Gasteiger partial charge in [0.1, 0.15) is 5.82 Å². The summed E-state index contributed by atoms with van der Waals surface area (Å²) in [6, 6.07) is 3.46. The fraction of sp³-hybridized carbons (Fsp3) is 0.438. The lowest BCUT2D eigenvalue weighted by molar-refractivity contribution is -0.157. The second kappa shape index (κ2) is 7.34. The van der Waals surface area contributed by atoms with Crippen molar-refractivity contribution in [1.29, 1.82) is 0 Å². The molecular weight excluding hydrogens is 348 g/mol. The van der Waals surface area contributed by atoms with Crippen LogP contribution < -0.4 is 11.0 Å². The van der Waals surface area contributed by atoms with Gasteiger partial charge in [-0.25, -0.2) is 18.7 Å².